The third-order valence-electron chi connectivity index (χ3n) is 2.65. The van der Waals surface area contributed by atoms with E-state index in [-0.39, 0.29) is 4.90 Å². The number of ether oxygens (including phenoxy) is 1. The monoisotopic (exact) mass is 297 g/mol. The van der Waals surface area contributed by atoms with Gasteiger partial charge in [0.25, 0.3) is 0 Å². The van der Waals surface area contributed by atoms with Crippen LogP contribution in [-0.4, -0.2) is 15.5 Å². The number of hydrogen-bond donors (Lipinski definition) is 1. The fourth-order valence-corrected chi connectivity index (χ4v) is 4.20. The maximum atomic E-state index is 12.1. The Bertz CT molecular complexity index is 675. The standard InChI is InChI=1S/C13H15NO3S2/c1-9-12(17-11-7-5-4-6-8-11)13(10(2)18-9)19(15,16)14-3/h4-8,14H,1-3H3. The Morgan fingerprint density at radius 1 is 1.11 bits per heavy atom. The summed E-state index contributed by atoms with van der Waals surface area (Å²) in [5.74, 6) is 1.03. The van der Waals surface area contributed by atoms with Crippen molar-refractivity contribution in [2.45, 2.75) is 18.7 Å². The van der Waals surface area contributed by atoms with Gasteiger partial charge in [0, 0.05) is 9.75 Å². The molecular formula is C13H15NO3S2. The topological polar surface area (TPSA) is 55.4 Å². The Balaban J connectivity index is 2.52. The van der Waals surface area contributed by atoms with Crippen molar-refractivity contribution in [2.24, 2.45) is 0 Å². The lowest BCUT2D eigenvalue weighted by Gasteiger charge is -2.09. The molecule has 0 bridgehead atoms. The van der Waals surface area contributed by atoms with Crippen LogP contribution in [0.1, 0.15) is 9.75 Å². The molecule has 1 heterocycles. The van der Waals surface area contributed by atoms with Gasteiger partial charge in [-0.2, -0.15) is 0 Å². The van der Waals surface area contributed by atoms with Gasteiger partial charge in [-0.3, -0.25) is 0 Å². The van der Waals surface area contributed by atoms with Crippen LogP contribution in [0.4, 0.5) is 0 Å². The largest absolute Gasteiger partial charge is 0.455 e. The first-order chi connectivity index (χ1) is 8.95. The average molecular weight is 297 g/mol. The van der Waals surface area contributed by atoms with Gasteiger partial charge in [-0.25, -0.2) is 13.1 Å². The van der Waals surface area contributed by atoms with Gasteiger partial charge in [-0.15, -0.1) is 11.3 Å². The molecule has 1 aromatic heterocycles. The molecule has 2 aromatic rings. The molecule has 0 unspecified atom stereocenters. The molecule has 102 valence electrons. The van der Waals surface area contributed by atoms with Crippen molar-refractivity contribution in [1.82, 2.24) is 4.72 Å². The van der Waals surface area contributed by atoms with Crippen LogP contribution in [0.3, 0.4) is 0 Å². The van der Waals surface area contributed by atoms with Gasteiger partial charge in [-0.1, -0.05) is 18.2 Å². The molecule has 0 saturated heterocycles. The van der Waals surface area contributed by atoms with E-state index in [4.69, 9.17) is 4.74 Å². The Morgan fingerprint density at radius 3 is 2.32 bits per heavy atom. The Kier molecular flexibility index (Phi) is 3.93. The zero-order valence-corrected chi connectivity index (χ0v) is 12.6. The van der Waals surface area contributed by atoms with E-state index in [0.29, 0.717) is 11.5 Å². The summed E-state index contributed by atoms with van der Waals surface area (Å²) in [5.41, 5.74) is 0. The van der Waals surface area contributed by atoms with Crippen molar-refractivity contribution in [3.05, 3.63) is 40.1 Å². The molecule has 4 nitrogen and oxygen atoms in total. The second kappa shape index (κ2) is 5.32. The van der Waals surface area contributed by atoms with Crippen LogP contribution in [0.15, 0.2) is 35.2 Å². The summed E-state index contributed by atoms with van der Waals surface area (Å²) in [7, 11) is -2.13. The van der Waals surface area contributed by atoms with Crippen LogP contribution < -0.4 is 9.46 Å². The number of hydrogen-bond acceptors (Lipinski definition) is 4. The molecule has 0 aliphatic heterocycles. The second-order valence-corrected chi connectivity index (χ2v) is 7.25. The fourth-order valence-electron chi connectivity index (χ4n) is 1.78. The first-order valence-electron chi connectivity index (χ1n) is 5.72. The number of rotatable bonds is 4. The van der Waals surface area contributed by atoms with Crippen LogP contribution in [0, 0.1) is 13.8 Å². The molecule has 0 aliphatic rings. The predicted octanol–water partition coefficient (Wildman–Crippen LogP) is 3.07. The summed E-state index contributed by atoms with van der Waals surface area (Å²) in [5, 5.41) is 0. The lowest BCUT2D eigenvalue weighted by atomic mass is 10.3. The lowest BCUT2D eigenvalue weighted by molar-refractivity contribution is 0.466. The molecule has 0 amide bonds. The van der Waals surface area contributed by atoms with Crippen LogP contribution in [0.25, 0.3) is 0 Å². The summed E-state index contributed by atoms with van der Waals surface area (Å²) >= 11 is 1.41. The van der Waals surface area contributed by atoms with Gasteiger partial charge in [-0.05, 0) is 33.0 Å². The van der Waals surface area contributed by atoms with Crippen molar-refractivity contribution < 1.29 is 13.2 Å². The van der Waals surface area contributed by atoms with E-state index >= 15 is 0 Å². The predicted molar refractivity (Wildman–Crippen MR) is 76.6 cm³/mol. The van der Waals surface area contributed by atoms with E-state index in [9.17, 15) is 8.42 Å². The van der Waals surface area contributed by atoms with E-state index in [0.717, 1.165) is 9.75 Å². The molecule has 0 spiro atoms. The van der Waals surface area contributed by atoms with Crippen molar-refractivity contribution in [3.63, 3.8) is 0 Å². The van der Waals surface area contributed by atoms with Gasteiger partial charge in [0.1, 0.15) is 10.6 Å². The smallest absolute Gasteiger partial charge is 0.245 e. The molecule has 0 saturated carbocycles. The molecule has 0 atom stereocenters. The van der Waals surface area contributed by atoms with E-state index in [1.165, 1.54) is 18.4 Å². The maximum absolute atomic E-state index is 12.1. The number of thiophene rings is 1. The molecule has 2 rings (SSSR count). The van der Waals surface area contributed by atoms with Crippen LogP contribution in [0.5, 0.6) is 11.5 Å². The highest BCUT2D eigenvalue weighted by molar-refractivity contribution is 7.89. The Morgan fingerprint density at radius 2 is 1.74 bits per heavy atom. The summed E-state index contributed by atoms with van der Waals surface area (Å²) < 4.78 is 32.2. The highest BCUT2D eigenvalue weighted by Crippen LogP contribution is 2.40. The number of nitrogens with one attached hydrogen (secondary N) is 1. The molecule has 0 radical (unpaired) electrons. The first kappa shape index (κ1) is 14.0. The quantitative estimate of drug-likeness (QED) is 0.943. The summed E-state index contributed by atoms with van der Waals surface area (Å²) in [6.45, 7) is 3.63. The van der Waals surface area contributed by atoms with Gasteiger partial charge in [0.2, 0.25) is 10.0 Å². The van der Waals surface area contributed by atoms with Gasteiger partial charge >= 0.3 is 0 Å². The third-order valence-corrected chi connectivity index (χ3v) is 5.35. The highest BCUT2D eigenvalue weighted by Gasteiger charge is 2.25. The fraction of sp³-hybridized carbons (Fsp3) is 0.231. The van der Waals surface area contributed by atoms with Crippen molar-refractivity contribution >= 4 is 21.4 Å². The second-order valence-electron chi connectivity index (χ2n) is 4.00. The molecule has 19 heavy (non-hydrogen) atoms. The molecule has 0 aliphatic carbocycles. The van der Waals surface area contributed by atoms with E-state index in [1.807, 2.05) is 25.1 Å². The maximum Gasteiger partial charge on any atom is 0.245 e. The molecule has 1 N–H and O–H groups in total. The number of aryl methyl sites for hydroxylation is 2. The van der Waals surface area contributed by atoms with Gasteiger partial charge in [0.05, 0.1) is 0 Å². The minimum atomic E-state index is -3.52. The number of para-hydroxylation sites is 1. The molecular weight excluding hydrogens is 282 g/mol. The first-order valence-corrected chi connectivity index (χ1v) is 8.02. The summed E-state index contributed by atoms with van der Waals surface area (Å²) in [6, 6.07) is 9.15. The molecule has 1 aromatic carbocycles. The zero-order valence-electron chi connectivity index (χ0n) is 10.9. The minimum Gasteiger partial charge on any atom is -0.455 e. The highest BCUT2D eigenvalue weighted by atomic mass is 32.2. The Labute approximate surface area is 117 Å². The van der Waals surface area contributed by atoms with E-state index < -0.39 is 10.0 Å². The van der Waals surface area contributed by atoms with Crippen molar-refractivity contribution in [3.8, 4) is 11.5 Å². The third kappa shape index (κ3) is 2.80. The minimum absolute atomic E-state index is 0.223. The number of sulfonamides is 1. The Hall–Kier alpha value is -1.37. The zero-order chi connectivity index (χ0) is 14.0. The average Bonchev–Trinajstić information content (AvgIpc) is 2.66. The normalized spacial score (nSPS) is 11.5. The SMILES string of the molecule is CNS(=O)(=O)c1c(C)sc(C)c1Oc1ccccc1. The van der Waals surface area contributed by atoms with Crippen molar-refractivity contribution in [1.29, 1.82) is 0 Å². The van der Waals surface area contributed by atoms with Crippen molar-refractivity contribution in [2.75, 3.05) is 7.05 Å². The van der Waals surface area contributed by atoms with Crippen LogP contribution in [-0.2, 0) is 10.0 Å². The van der Waals surface area contributed by atoms with E-state index in [2.05, 4.69) is 4.72 Å². The lowest BCUT2D eigenvalue weighted by Crippen LogP contribution is -2.19. The molecule has 6 heteroatoms. The summed E-state index contributed by atoms with van der Waals surface area (Å²) in [4.78, 5) is 1.79. The van der Waals surface area contributed by atoms with Crippen LogP contribution >= 0.6 is 11.3 Å². The van der Waals surface area contributed by atoms with E-state index in [1.54, 1.807) is 19.1 Å². The van der Waals surface area contributed by atoms with Crippen LogP contribution in [0.2, 0.25) is 0 Å². The van der Waals surface area contributed by atoms with Gasteiger partial charge in [0.15, 0.2) is 5.75 Å². The number of benzene rings is 1. The molecule has 0 fully saturated rings. The van der Waals surface area contributed by atoms with Gasteiger partial charge < -0.3 is 4.74 Å². The summed E-state index contributed by atoms with van der Waals surface area (Å²) in [6.07, 6.45) is 0.